The van der Waals surface area contributed by atoms with Gasteiger partial charge in [0.05, 0.1) is 18.1 Å². The van der Waals surface area contributed by atoms with Gasteiger partial charge in [0.1, 0.15) is 6.04 Å². The van der Waals surface area contributed by atoms with Crippen LogP contribution in [0.4, 0.5) is 4.39 Å². The van der Waals surface area contributed by atoms with Gasteiger partial charge in [0.25, 0.3) is 11.8 Å². The maximum absolute atomic E-state index is 14.8. The van der Waals surface area contributed by atoms with E-state index >= 15 is 0 Å². The molecule has 3 aliphatic rings. The van der Waals surface area contributed by atoms with Crippen molar-refractivity contribution in [2.45, 2.75) is 24.7 Å². The van der Waals surface area contributed by atoms with E-state index in [1.807, 2.05) is 0 Å². The van der Waals surface area contributed by atoms with E-state index in [9.17, 15) is 33.7 Å². The smallest absolute Gasteiger partial charge is 0.383 e. The minimum Gasteiger partial charge on any atom is -0.383 e. The lowest BCUT2D eigenvalue weighted by atomic mass is 9.87. The monoisotopic (exact) mass is 381 g/mol. The van der Waals surface area contributed by atoms with E-state index in [0.29, 0.717) is 11.0 Å². The molecule has 0 saturated carbocycles. The molecule has 2 fully saturated rings. The zero-order chi connectivity index (χ0) is 19.9. The van der Waals surface area contributed by atoms with Crippen LogP contribution in [0.3, 0.4) is 0 Å². The van der Waals surface area contributed by atoms with E-state index in [1.54, 1.807) is 0 Å². The summed E-state index contributed by atoms with van der Waals surface area (Å²) in [5.41, 5.74) is -0.380. The van der Waals surface area contributed by atoms with Crippen LogP contribution >= 0.6 is 0 Å². The number of alkyl halides is 1. The second-order valence-corrected chi connectivity index (χ2v) is 6.34. The molecule has 10 nitrogen and oxygen atoms in total. The molecular formula is C16H16FN3O7. The number of methoxy groups -OCH3 is 1. The van der Waals surface area contributed by atoms with E-state index in [2.05, 4.69) is 0 Å². The Morgan fingerprint density at radius 3 is 2.67 bits per heavy atom. The van der Waals surface area contributed by atoms with Gasteiger partial charge in [-0.25, -0.2) is 0 Å². The zero-order valence-electron chi connectivity index (χ0n) is 14.3. The third-order valence-corrected chi connectivity index (χ3v) is 4.87. The molecule has 0 N–H and O–H groups in total. The molecule has 2 heterocycles. The topological polar surface area (TPSA) is 127 Å². The van der Waals surface area contributed by atoms with Gasteiger partial charge in [-0.1, -0.05) is 12.2 Å². The Morgan fingerprint density at radius 1 is 1.33 bits per heavy atom. The van der Waals surface area contributed by atoms with Crippen LogP contribution in [0.15, 0.2) is 23.8 Å². The summed E-state index contributed by atoms with van der Waals surface area (Å²) in [4.78, 5) is 61.3. The molecule has 0 aromatic rings. The molecule has 144 valence electrons. The molecule has 0 aromatic carbocycles. The first-order chi connectivity index (χ1) is 12.7. The highest BCUT2D eigenvalue weighted by Crippen LogP contribution is 2.42. The summed E-state index contributed by atoms with van der Waals surface area (Å²) in [6, 6.07) is -1.32. The van der Waals surface area contributed by atoms with Crippen molar-refractivity contribution in [3.63, 3.8) is 0 Å². The molecule has 0 spiro atoms. The third-order valence-electron chi connectivity index (χ3n) is 4.87. The quantitative estimate of drug-likeness (QED) is 0.274. The number of carbonyl (C=O) groups excluding carboxylic acids is 4. The number of likely N-dealkylation sites (tertiary alicyclic amines) is 2. The molecular weight excluding hydrogens is 365 g/mol. The highest BCUT2D eigenvalue weighted by molar-refractivity contribution is 6.18. The Balaban J connectivity index is 1.93. The van der Waals surface area contributed by atoms with E-state index in [4.69, 9.17) is 4.74 Å². The fourth-order valence-electron chi connectivity index (χ4n) is 3.52. The summed E-state index contributed by atoms with van der Waals surface area (Å²) in [7, 11) is 1.38. The van der Waals surface area contributed by atoms with Gasteiger partial charge < -0.3 is 4.74 Å². The van der Waals surface area contributed by atoms with Crippen molar-refractivity contribution in [1.29, 1.82) is 0 Å². The van der Waals surface area contributed by atoms with Crippen molar-refractivity contribution in [1.82, 2.24) is 9.80 Å². The molecule has 0 bridgehead atoms. The number of piperidine rings is 1. The summed E-state index contributed by atoms with van der Waals surface area (Å²) in [6.07, 6.45) is 2.51. The average Bonchev–Trinajstić information content (AvgIpc) is 2.87. The van der Waals surface area contributed by atoms with E-state index in [-0.39, 0.29) is 31.6 Å². The van der Waals surface area contributed by atoms with Crippen LogP contribution in [-0.2, 0) is 23.9 Å². The first kappa shape index (κ1) is 18.8. The van der Waals surface area contributed by atoms with Crippen molar-refractivity contribution in [2.24, 2.45) is 5.92 Å². The van der Waals surface area contributed by atoms with Crippen molar-refractivity contribution in [3.05, 3.63) is 33.9 Å². The number of nitro groups is 1. The number of ether oxygens (including phenoxy) is 1. The number of hydrogen-bond donors (Lipinski definition) is 0. The van der Waals surface area contributed by atoms with Gasteiger partial charge in [0.15, 0.2) is 5.92 Å². The Hall–Kier alpha value is -2.95. The highest BCUT2D eigenvalue weighted by Gasteiger charge is 2.64. The van der Waals surface area contributed by atoms with Crippen molar-refractivity contribution in [2.75, 3.05) is 20.3 Å². The molecule has 0 radical (unpaired) electrons. The van der Waals surface area contributed by atoms with Crippen LogP contribution in [0.2, 0.25) is 0 Å². The molecule has 4 amide bonds. The maximum atomic E-state index is 14.8. The first-order valence-corrected chi connectivity index (χ1v) is 8.17. The van der Waals surface area contributed by atoms with Crippen LogP contribution in [0.5, 0.6) is 0 Å². The summed E-state index contributed by atoms with van der Waals surface area (Å²) in [5, 5.41) is 11.2. The summed E-state index contributed by atoms with van der Waals surface area (Å²) in [5.74, 6) is -8.61. The number of amides is 4. The van der Waals surface area contributed by atoms with Crippen molar-refractivity contribution < 1.29 is 33.2 Å². The Labute approximate surface area is 152 Å². The molecule has 11 heteroatoms. The molecule has 2 aliphatic heterocycles. The van der Waals surface area contributed by atoms with Gasteiger partial charge in [-0.2, -0.15) is 4.39 Å². The number of carbonyl (C=O) groups is 4. The van der Waals surface area contributed by atoms with E-state index < -0.39 is 46.3 Å². The van der Waals surface area contributed by atoms with Crippen molar-refractivity contribution >= 4 is 23.6 Å². The molecule has 27 heavy (non-hydrogen) atoms. The lowest BCUT2D eigenvalue weighted by Gasteiger charge is -2.34. The zero-order valence-corrected chi connectivity index (χ0v) is 14.3. The van der Waals surface area contributed by atoms with Crippen LogP contribution < -0.4 is 0 Å². The van der Waals surface area contributed by atoms with Gasteiger partial charge >= 0.3 is 5.79 Å². The number of allylic oxidation sites excluding steroid dienone is 2. The number of fused-ring (bicyclic) bond motifs is 1. The first-order valence-electron chi connectivity index (χ1n) is 8.17. The lowest BCUT2D eigenvalue weighted by Crippen LogP contribution is -2.57. The second kappa shape index (κ2) is 6.65. The summed E-state index contributed by atoms with van der Waals surface area (Å²) < 4.78 is 19.7. The Morgan fingerprint density at radius 2 is 2.04 bits per heavy atom. The number of hydrogen-bond acceptors (Lipinski definition) is 7. The SMILES string of the molecule is COCCN1C(=O)CCC(N2C(=O)C3=CC=CC(F)([N+](=O)[O-])C3C2=O)C1=O. The molecule has 1 aliphatic carbocycles. The third kappa shape index (κ3) is 2.74. The number of imide groups is 2. The molecule has 3 rings (SSSR count). The Bertz CT molecular complexity index is 808. The van der Waals surface area contributed by atoms with Crippen molar-refractivity contribution in [3.8, 4) is 0 Å². The molecule has 0 aromatic heterocycles. The fourth-order valence-corrected chi connectivity index (χ4v) is 3.52. The molecule has 2 saturated heterocycles. The predicted molar refractivity (Wildman–Crippen MR) is 85.0 cm³/mol. The van der Waals surface area contributed by atoms with Crippen LogP contribution in [0.1, 0.15) is 12.8 Å². The lowest BCUT2D eigenvalue weighted by molar-refractivity contribution is -0.595. The van der Waals surface area contributed by atoms with E-state index in [1.165, 1.54) is 7.11 Å². The van der Waals surface area contributed by atoms with Gasteiger partial charge in [0.2, 0.25) is 11.8 Å². The predicted octanol–water partition coefficient (Wildman–Crippen LogP) is -0.426. The van der Waals surface area contributed by atoms with E-state index in [0.717, 1.165) is 17.1 Å². The number of halogens is 1. The standard InChI is InChI=1S/C16H16FN3O7/c1-27-8-7-18-11(21)5-4-10(14(18)23)19-13(22)9-3-2-6-16(17,20(25)26)12(9)15(19)24/h2-3,6,10,12H,4-5,7-8H2,1H3. The number of nitrogens with zero attached hydrogens (tertiary/aromatic N) is 3. The van der Waals surface area contributed by atoms with Gasteiger partial charge in [-0.05, 0) is 6.42 Å². The minimum atomic E-state index is -3.27. The molecule has 3 unspecified atom stereocenters. The second-order valence-electron chi connectivity index (χ2n) is 6.34. The number of rotatable bonds is 5. The summed E-state index contributed by atoms with van der Waals surface area (Å²) in [6.45, 7) is 0.00915. The average molecular weight is 381 g/mol. The van der Waals surface area contributed by atoms with Crippen LogP contribution in [0.25, 0.3) is 0 Å². The van der Waals surface area contributed by atoms with Crippen LogP contribution in [-0.4, -0.2) is 70.4 Å². The normalized spacial score (nSPS) is 30.7. The minimum absolute atomic E-state index is 0.0590. The Kier molecular flexibility index (Phi) is 4.64. The van der Waals surface area contributed by atoms with Gasteiger partial charge in [-0.3, -0.25) is 39.1 Å². The molecule has 3 atom stereocenters. The largest absolute Gasteiger partial charge is 0.394 e. The summed E-state index contributed by atoms with van der Waals surface area (Å²) >= 11 is 0. The van der Waals surface area contributed by atoms with Crippen LogP contribution in [0, 0.1) is 16.0 Å². The van der Waals surface area contributed by atoms with Gasteiger partial charge in [-0.15, -0.1) is 0 Å². The van der Waals surface area contributed by atoms with Gasteiger partial charge in [0, 0.05) is 25.2 Å². The highest BCUT2D eigenvalue weighted by atomic mass is 19.1. The maximum Gasteiger partial charge on any atom is 0.394 e. The fraction of sp³-hybridized carbons (Fsp3) is 0.500.